The maximum Gasteiger partial charge on any atom is 0.242 e. The number of benzene rings is 1. The molecule has 1 aliphatic heterocycles. The van der Waals surface area contributed by atoms with Crippen molar-refractivity contribution in [3.8, 4) is 0 Å². The molecular formula is C18H28ClN3O4S. The third-order valence-corrected chi connectivity index (χ3v) is 6.68. The van der Waals surface area contributed by atoms with Crippen LogP contribution in [0.2, 0.25) is 0 Å². The van der Waals surface area contributed by atoms with E-state index in [1.807, 2.05) is 4.90 Å². The van der Waals surface area contributed by atoms with Gasteiger partial charge in [0.1, 0.15) is 0 Å². The molecule has 1 atom stereocenters. The Bertz CT molecular complexity index is 752. The number of likely N-dealkylation sites (tertiary alicyclic amines) is 1. The normalized spacial score (nSPS) is 17.0. The van der Waals surface area contributed by atoms with Crippen molar-refractivity contribution in [3.05, 3.63) is 29.8 Å². The minimum Gasteiger partial charge on any atom is -0.342 e. The number of amides is 1. The number of carbonyl (C=O) groups is 2. The minimum absolute atomic E-state index is 0. The van der Waals surface area contributed by atoms with Gasteiger partial charge in [-0.1, -0.05) is 12.1 Å². The van der Waals surface area contributed by atoms with Crippen molar-refractivity contribution in [2.45, 2.75) is 31.1 Å². The van der Waals surface area contributed by atoms with E-state index >= 15 is 0 Å². The van der Waals surface area contributed by atoms with Gasteiger partial charge in [0.25, 0.3) is 0 Å². The summed E-state index contributed by atoms with van der Waals surface area (Å²) in [4.78, 5) is 25.4. The summed E-state index contributed by atoms with van der Waals surface area (Å²) in [6.07, 6.45) is 1.72. The Balaban J connectivity index is 0.00000364. The highest BCUT2D eigenvalue weighted by molar-refractivity contribution is 7.89. The van der Waals surface area contributed by atoms with Crippen molar-refractivity contribution in [2.75, 3.05) is 33.2 Å². The maximum atomic E-state index is 12.6. The summed E-state index contributed by atoms with van der Waals surface area (Å²) >= 11 is 0. The topological polar surface area (TPSA) is 101 Å². The molecule has 0 bridgehead atoms. The van der Waals surface area contributed by atoms with Crippen molar-refractivity contribution in [1.29, 1.82) is 0 Å². The standard InChI is InChI=1S/C18H27N3O4S.ClH/c1-14(22)16-5-7-17(8-6-16)26(24,25)20(2)10-3-4-18(23)21-11-9-15(12-19)13-21;/h5-8,15H,3-4,9-13,19H2,1-2H3;1H. The molecule has 0 spiro atoms. The predicted octanol–water partition coefficient (Wildman–Crippen LogP) is 1.52. The molecule has 1 aliphatic rings. The molecule has 1 fully saturated rings. The van der Waals surface area contributed by atoms with Gasteiger partial charge in [0.05, 0.1) is 4.90 Å². The summed E-state index contributed by atoms with van der Waals surface area (Å²) in [5, 5.41) is 0. The largest absolute Gasteiger partial charge is 0.342 e. The second-order valence-corrected chi connectivity index (χ2v) is 8.79. The van der Waals surface area contributed by atoms with E-state index in [4.69, 9.17) is 5.73 Å². The Morgan fingerprint density at radius 1 is 1.26 bits per heavy atom. The fourth-order valence-corrected chi connectivity index (χ4v) is 4.23. The molecule has 2 rings (SSSR count). The van der Waals surface area contributed by atoms with Gasteiger partial charge in [0, 0.05) is 38.7 Å². The van der Waals surface area contributed by atoms with Gasteiger partial charge in [-0.2, -0.15) is 0 Å². The Kier molecular flexibility index (Phi) is 8.87. The quantitative estimate of drug-likeness (QED) is 0.646. The molecule has 0 aliphatic carbocycles. The van der Waals surface area contributed by atoms with Crippen molar-refractivity contribution >= 4 is 34.1 Å². The van der Waals surface area contributed by atoms with Crippen LogP contribution in [0.4, 0.5) is 0 Å². The van der Waals surface area contributed by atoms with E-state index in [1.54, 1.807) is 0 Å². The zero-order valence-electron chi connectivity index (χ0n) is 15.8. The number of ketones is 1. The number of sulfonamides is 1. The van der Waals surface area contributed by atoms with Crippen LogP contribution in [0.3, 0.4) is 0 Å². The lowest BCUT2D eigenvalue weighted by atomic mass is 10.1. The molecular weight excluding hydrogens is 390 g/mol. The molecule has 1 aromatic carbocycles. The summed E-state index contributed by atoms with van der Waals surface area (Å²) in [6, 6.07) is 5.89. The summed E-state index contributed by atoms with van der Waals surface area (Å²) in [5.74, 6) is 0.317. The number of carbonyl (C=O) groups excluding carboxylic acids is 2. The average molecular weight is 418 g/mol. The van der Waals surface area contributed by atoms with Gasteiger partial charge in [-0.3, -0.25) is 9.59 Å². The highest BCUT2D eigenvalue weighted by atomic mass is 35.5. The number of nitrogens with two attached hydrogens (primary N) is 1. The van der Waals surface area contributed by atoms with E-state index in [0.29, 0.717) is 37.4 Å². The van der Waals surface area contributed by atoms with Gasteiger partial charge in [0.15, 0.2) is 5.78 Å². The molecule has 2 N–H and O–H groups in total. The monoisotopic (exact) mass is 417 g/mol. The van der Waals surface area contributed by atoms with E-state index in [-0.39, 0.29) is 35.5 Å². The first kappa shape index (κ1) is 23.6. The number of hydrogen-bond acceptors (Lipinski definition) is 5. The molecule has 0 radical (unpaired) electrons. The first-order chi connectivity index (χ1) is 12.3. The lowest BCUT2D eigenvalue weighted by molar-refractivity contribution is -0.130. The highest BCUT2D eigenvalue weighted by Gasteiger charge is 2.25. The Morgan fingerprint density at radius 3 is 2.41 bits per heavy atom. The SMILES string of the molecule is CC(=O)c1ccc(S(=O)(=O)N(C)CCCC(=O)N2CCC(CN)C2)cc1.Cl. The Hall–Kier alpha value is -1.48. The van der Waals surface area contributed by atoms with E-state index in [9.17, 15) is 18.0 Å². The number of rotatable bonds is 8. The first-order valence-corrected chi connectivity index (χ1v) is 10.2. The molecule has 1 heterocycles. The summed E-state index contributed by atoms with van der Waals surface area (Å²) in [5.41, 5.74) is 6.11. The van der Waals surface area contributed by atoms with Crippen molar-refractivity contribution < 1.29 is 18.0 Å². The van der Waals surface area contributed by atoms with Crippen molar-refractivity contribution in [1.82, 2.24) is 9.21 Å². The molecule has 1 saturated heterocycles. The van der Waals surface area contributed by atoms with Crippen LogP contribution in [0, 0.1) is 5.92 Å². The fraction of sp³-hybridized carbons (Fsp3) is 0.556. The fourth-order valence-electron chi connectivity index (χ4n) is 3.02. The molecule has 152 valence electrons. The molecule has 7 nitrogen and oxygen atoms in total. The van der Waals surface area contributed by atoms with Gasteiger partial charge in [-0.15, -0.1) is 12.4 Å². The minimum atomic E-state index is -3.63. The van der Waals surface area contributed by atoms with Gasteiger partial charge in [0.2, 0.25) is 15.9 Å². The zero-order chi connectivity index (χ0) is 19.3. The molecule has 27 heavy (non-hydrogen) atoms. The number of hydrogen-bond donors (Lipinski definition) is 1. The lowest BCUT2D eigenvalue weighted by Gasteiger charge is -2.19. The van der Waals surface area contributed by atoms with Crippen LogP contribution in [0.5, 0.6) is 0 Å². The molecule has 1 amide bonds. The molecule has 1 unspecified atom stereocenters. The van der Waals surface area contributed by atoms with Crippen LogP contribution < -0.4 is 5.73 Å². The summed E-state index contributed by atoms with van der Waals surface area (Å²) in [6.45, 7) is 3.72. The Labute approximate surface area is 167 Å². The smallest absolute Gasteiger partial charge is 0.242 e. The van der Waals surface area contributed by atoms with Crippen LogP contribution in [-0.4, -0.2) is 62.5 Å². The van der Waals surface area contributed by atoms with Crippen LogP contribution in [0.25, 0.3) is 0 Å². The molecule has 1 aromatic rings. The third kappa shape index (κ3) is 6.00. The van der Waals surface area contributed by atoms with E-state index in [1.165, 1.54) is 42.5 Å². The third-order valence-electron chi connectivity index (χ3n) is 4.80. The van der Waals surface area contributed by atoms with Crippen LogP contribution in [0.15, 0.2) is 29.2 Å². The van der Waals surface area contributed by atoms with E-state index in [0.717, 1.165) is 13.0 Å². The van der Waals surface area contributed by atoms with Gasteiger partial charge < -0.3 is 10.6 Å². The van der Waals surface area contributed by atoms with E-state index < -0.39 is 10.0 Å². The molecule has 9 heteroatoms. The van der Waals surface area contributed by atoms with Gasteiger partial charge in [-0.25, -0.2) is 12.7 Å². The first-order valence-electron chi connectivity index (χ1n) is 8.81. The molecule has 0 saturated carbocycles. The second kappa shape index (κ2) is 10.2. The summed E-state index contributed by atoms with van der Waals surface area (Å²) < 4.78 is 26.4. The van der Waals surface area contributed by atoms with Crippen molar-refractivity contribution in [2.24, 2.45) is 11.7 Å². The van der Waals surface area contributed by atoms with Gasteiger partial charge in [-0.05, 0) is 44.4 Å². The second-order valence-electron chi connectivity index (χ2n) is 6.74. The number of halogens is 1. The summed E-state index contributed by atoms with van der Waals surface area (Å²) in [7, 11) is -2.13. The van der Waals surface area contributed by atoms with Crippen molar-refractivity contribution in [3.63, 3.8) is 0 Å². The predicted molar refractivity (Wildman–Crippen MR) is 106 cm³/mol. The van der Waals surface area contributed by atoms with E-state index in [2.05, 4.69) is 0 Å². The van der Waals surface area contributed by atoms with Crippen LogP contribution >= 0.6 is 12.4 Å². The lowest BCUT2D eigenvalue weighted by Crippen LogP contribution is -2.32. The highest BCUT2D eigenvalue weighted by Crippen LogP contribution is 2.18. The zero-order valence-corrected chi connectivity index (χ0v) is 17.4. The van der Waals surface area contributed by atoms with Crippen LogP contribution in [0.1, 0.15) is 36.5 Å². The number of Topliss-reactive ketones (excluding diaryl/α,β-unsaturated/α-hetero) is 1. The molecule has 0 aromatic heterocycles. The average Bonchev–Trinajstić information content (AvgIpc) is 3.10. The maximum absolute atomic E-state index is 12.6. The Morgan fingerprint density at radius 2 is 1.89 bits per heavy atom. The van der Waals surface area contributed by atoms with Crippen LogP contribution in [-0.2, 0) is 14.8 Å². The number of nitrogens with zero attached hydrogens (tertiary/aromatic N) is 2. The van der Waals surface area contributed by atoms with Gasteiger partial charge >= 0.3 is 0 Å².